The molecule has 1 aromatic heterocycles. The maximum Gasteiger partial charge on any atom is 0.192 e. The number of hydrogen-bond donors (Lipinski definition) is 1. The van der Waals surface area contributed by atoms with Gasteiger partial charge in [0.15, 0.2) is 23.4 Å². The number of anilines is 1. The first-order chi connectivity index (χ1) is 9.80. The average molecular weight is 271 g/mol. The monoisotopic (exact) mass is 271 g/mol. The number of rotatable bonds is 3. The van der Waals surface area contributed by atoms with Gasteiger partial charge in [-0.05, 0) is 18.6 Å². The standard InChI is InChI=1S/C15H17N3O2/c1-3-10-8-14(16-2)18-15(17-10)13-9-19-11-6-4-5-7-12(11)20-13/h4-8,13H,3,9H2,1-2H3,(H,16,17,18). The first kappa shape index (κ1) is 12.7. The van der Waals surface area contributed by atoms with Crippen LogP contribution in [0.2, 0.25) is 0 Å². The van der Waals surface area contributed by atoms with E-state index in [0.717, 1.165) is 29.4 Å². The Balaban J connectivity index is 1.91. The number of aromatic nitrogens is 2. The van der Waals surface area contributed by atoms with E-state index in [0.29, 0.717) is 12.4 Å². The zero-order chi connectivity index (χ0) is 13.9. The molecular weight excluding hydrogens is 254 g/mol. The Morgan fingerprint density at radius 3 is 2.80 bits per heavy atom. The van der Waals surface area contributed by atoms with Crippen molar-refractivity contribution in [2.75, 3.05) is 19.0 Å². The van der Waals surface area contributed by atoms with Gasteiger partial charge in [0, 0.05) is 18.8 Å². The summed E-state index contributed by atoms with van der Waals surface area (Å²) in [5.41, 5.74) is 0.988. The fourth-order valence-electron chi connectivity index (χ4n) is 2.12. The lowest BCUT2D eigenvalue weighted by Gasteiger charge is -2.25. The summed E-state index contributed by atoms with van der Waals surface area (Å²) in [5, 5.41) is 3.05. The molecule has 0 bridgehead atoms. The van der Waals surface area contributed by atoms with Gasteiger partial charge in [-0.15, -0.1) is 0 Å². The van der Waals surface area contributed by atoms with E-state index in [9.17, 15) is 0 Å². The number of para-hydroxylation sites is 2. The molecule has 1 aromatic carbocycles. The molecule has 2 heterocycles. The lowest BCUT2D eigenvalue weighted by molar-refractivity contribution is 0.0850. The smallest absolute Gasteiger partial charge is 0.192 e. The lowest BCUT2D eigenvalue weighted by atomic mass is 10.2. The normalized spacial score (nSPS) is 16.8. The summed E-state index contributed by atoms with van der Waals surface area (Å²) >= 11 is 0. The highest BCUT2D eigenvalue weighted by Gasteiger charge is 2.25. The number of benzene rings is 1. The van der Waals surface area contributed by atoms with Crippen molar-refractivity contribution in [3.05, 3.63) is 41.9 Å². The first-order valence-corrected chi connectivity index (χ1v) is 6.74. The van der Waals surface area contributed by atoms with E-state index in [2.05, 4.69) is 22.2 Å². The Morgan fingerprint density at radius 2 is 2.05 bits per heavy atom. The summed E-state index contributed by atoms with van der Waals surface area (Å²) in [6, 6.07) is 9.59. The number of nitrogens with one attached hydrogen (secondary N) is 1. The van der Waals surface area contributed by atoms with Crippen LogP contribution in [0.4, 0.5) is 5.82 Å². The van der Waals surface area contributed by atoms with Gasteiger partial charge in [-0.2, -0.15) is 0 Å². The van der Waals surface area contributed by atoms with Gasteiger partial charge in [-0.3, -0.25) is 0 Å². The molecule has 5 nitrogen and oxygen atoms in total. The quantitative estimate of drug-likeness (QED) is 0.930. The number of nitrogens with zero attached hydrogens (tertiary/aromatic N) is 2. The molecular formula is C15H17N3O2. The van der Waals surface area contributed by atoms with E-state index >= 15 is 0 Å². The van der Waals surface area contributed by atoms with Gasteiger partial charge in [-0.1, -0.05) is 19.1 Å². The highest BCUT2D eigenvalue weighted by Crippen LogP contribution is 2.35. The molecule has 1 N–H and O–H groups in total. The molecule has 5 heteroatoms. The summed E-state index contributed by atoms with van der Waals surface area (Å²) in [5.74, 6) is 2.96. The maximum absolute atomic E-state index is 5.94. The van der Waals surface area contributed by atoms with Crippen LogP contribution in [0.1, 0.15) is 24.5 Å². The van der Waals surface area contributed by atoms with Gasteiger partial charge in [0.1, 0.15) is 12.4 Å². The fourth-order valence-corrected chi connectivity index (χ4v) is 2.12. The van der Waals surface area contributed by atoms with Crippen LogP contribution in [0.5, 0.6) is 11.5 Å². The molecule has 0 spiro atoms. The molecule has 0 aliphatic carbocycles. The van der Waals surface area contributed by atoms with E-state index in [1.807, 2.05) is 37.4 Å². The van der Waals surface area contributed by atoms with Crippen molar-refractivity contribution < 1.29 is 9.47 Å². The summed E-state index contributed by atoms with van der Waals surface area (Å²) in [6.45, 7) is 2.49. The zero-order valence-electron chi connectivity index (χ0n) is 11.6. The summed E-state index contributed by atoms with van der Waals surface area (Å²) in [4.78, 5) is 9.01. The van der Waals surface area contributed by atoms with Crippen molar-refractivity contribution in [1.82, 2.24) is 9.97 Å². The van der Waals surface area contributed by atoms with Gasteiger partial charge in [0.2, 0.25) is 0 Å². The molecule has 104 valence electrons. The molecule has 3 rings (SSSR count). The molecule has 2 aromatic rings. The topological polar surface area (TPSA) is 56.3 Å². The highest BCUT2D eigenvalue weighted by atomic mass is 16.6. The van der Waals surface area contributed by atoms with Gasteiger partial charge in [0.05, 0.1) is 0 Å². The molecule has 0 saturated carbocycles. The molecule has 0 radical (unpaired) electrons. The lowest BCUT2D eigenvalue weighted by Crippen LogP contribution is -2.24. The summed E-state index contributed by atoms with van der Waals surface area (Å²) < 4.78 is 11.7. The first-order valence-electron chi connectivity index (χ1n) is 6.74. The fraction of sp³-hybridized carbons (Fsp3) is 0.333. The Kier molecular flexibility index (Phi) is 3.41. The molecule has 0 fully saturated rings. The van der Waals surface area contributed by atoms with E-state index in [-0.39, 0.29) is 6.10 Å². The van der Waals surface area contributed by atoms with Crippen molar-refractivity contribution in [3.63, 3.8) is 0 Å². The predicted octanol–water partition coefficient (Wildman–Crippen LogP) is 2.59. The highest BCUT2D eigenvalue weighted by molar-refractivity contribution is 5.41. The zero-order valence-corrected chi connectivity index (χ0v) is 11.6. The van der Waals surface area contributed by atoms with Crippen molar-refractivity contribution in [3.8, 4) is 11.5 Å². The van der Waals surface area contributed by atoms with Crippen LogP contribution in [-0.2, 0) is 6.42 Å². The predicted molar refractivity (Wildman–Crippen MR) is 76.3 cm³/mol. The van der Waals surface area contributed by atoms with E-state index < -0.39 is 0 Å². The molecule has 1 aliphatic heterocycles. The van der Waals surface area contributed by atoms with Gasteiger partial charge in [0.25, 0.3) is 0 Å². The number of ether oxygens (including phenoxy) is 2. The van der Waals surface area contributed by atoms with E-state index in [1.165, 1.54) is 0 Å². The Hall–Kier alpha value is -2.30. The molecule has 20 heavy (non-hydrogen) atoms. The average Bonchev–Trinajstić information content (AvgIpc) is 2.53. The van der Waals surface area contributed by atoms with E-state index in [1.54, 1.807) is 0 Å². The molecule has 1 unspecified atom stereocenters. The summed E-state index contributed by atoms with van der Waals surface area (Å²) in [6.07, 6.45) is 0.581. The van der Waals surface area contributed by atoms with Gasteiger partial charge >= 0.3 is 0 Å². The van der Waals surface area contributed by atoms with Crippen LogP contribution in [0.25, 0.3) is 0 Å². The molecule has 1 atom stereocenters. The second-order valence-corrected chi connectivity index (χ2v) is 4.57. The number of aryl methyl sites for hydroxylation is 1. The second kappa shape index (κ2) is 5.36. The van der Waals surface area contributed by atoms with Crippen LogP contribution in [0.15, 0.2) is 30.3 Å². The SMILES string of the molecule is CCc1cc(NC)nc(C2COc3ccccc3O2)n1. The molecule has 0 amide bonds. The number of fused-ring (bicyclic) bond motifs is 1. The Morgan fingerprint density at radius 1 is 1.25 bits per heavy atom. The molecule has 0 saturated heterocycles. The minimum absolute atomic E-state index is 0.275. The van der Waals surface area contributed by atoms with Gasteiger partial charge < -0.3 is 14.8 Å². The minimum Gasteiger partial charge on any atom is -0.485 e. The third kappa shape index (κ3) is 2.39. The van der Waals surface area contributed by atoms with Crippen molar-refractivity contribution in [2.24, 2.45) is 0 Å². The van der Waals surface area contributed by atoms with Crippen molar-refractivity contribution >= 4 is 5.82 Å². The van der Waals surface area contributed by atoms with Gasteiger partial charge in [-0.25, -0.2) is 9.97 Å². The van der Waals surface area contributed by atoms with Crippen LogP contribution in [0.3, 0.4) is 0 Å². The van der Waals surface area contributed by atoms with Crippen LogP contribution >= 0.6 is 0 Å². The second-order valence-electron chi connectivity index (χ2n) is 4.57. The van der Waals surface area contributed by atoms with E-state index in [4.69, 9.17) is 9.47 Å². The maximum atomic E-state index is 5.94. The third-order valence-electron chi connectivity index (χ3n) is 3.21. The van der Waals surface area contributed by atoms with Crippen LogP contribution in [0, 0.1) is 0 Å². The van der Waals surface area contributed by atoms with Crippen LogP contribution in [-0.4, -0.2) is 23.6 Å². The number of hydrogen-bond acceptors (Lipinski definition) is 5. The largest absolute Gasteiger partial charge is 0.485 e. The Labute approximate surface area is 118 Å². The summed E-state index contributed by atoms with van der Waals surface area (Å²) in [7, 11) is 1.85. The van der Waals surface area contributed by atoms with Crippen LogP contribution < -0.4 is 14.8 Å². The minimum atomic E-state index is -0.275. The molecule has 1 aliphatic rings. The Bertz CT molecular complexity index is 594. The third-order valence-corrected chi connectivity index (χ3v) is 3.21. The van der Waals surface area contributed by atoms with Crippen molar-refractivity contribution in [1.29, 1.82) is 0 Å². The van der Waals surface area contributed by atoms with Crippen molar-refractivity contribution in [2.45, 2.75) is 19.4 Å².